The van der Waals surface area contributed by atoms with Crippen LogP contribution in [0.5, 0.6) is 0 Å². The predicted octanol–water partition coefficient (Wildman–Crippen LogP) is 1.72. The van der Waals surface area contributed by atoms with Gasteiger partial charge in [0.2, 0.25) is 5.91 Å². The summed E-state index contributed by atoms with van der Waals surface area (Å²) in [6, 6.07) is 0.673. The van der Waals surface area contributed by atoms with E-state index < -0.39 is 5.60 Å². The number of carbonyl (C=O) groups excluding carboxylic acids is 2. The number of likely N-dealkylation sites (tertiary alicyclic amines) is 1. The fourth-order valence-electron chi connectivity index (χ4n) is 4.33. The van der Waals surface area contributed by atoms with E-state index in [1.807, 2.05) is 30.6 Å². The molecule has 3 unspecified atom stereocenters. The minimum absolute atomic E-state index is 0.198. The number of piperidine rings is 1. The van der Waals surface area contributed by atoms with Crippen LogP contribution in [-0.2, 0) is 9.53 Å². The Morgan fingerprint density at radius 1 is 1.22 bits per heavy atom. The summed E-state index contributed by atoms with van der Waals surface area (Å²) >= 11 is 0. The average Bonchev–Trinajstić information content (AvgIpc) is 2.95. The number of carbonyl (C=O) groups is 2. The first-order chi connectivity index (χ1) is 10.8. The molecular weight excluding hydrogens is 294 g/mol. The fourth-order valence-corrected chi connectivity index (χ4v) is 4.33. The summed E-state index contributed by atoms with van der Waals surface area (Å²) in [4.78, 5) is 28.7. The van der Waals surface area contributed by atoms with Crippen molar-refractivity contribution in [1.82, 2.24) is 9.80 Å². The first kappa shape index (κ1) is 16.6. The molecule has 3 saturated heterocycles. The van der Waals surface area contributed by atoms with Crippen molar-refractivity contribution >= 4 is 12.0 Å². The standard InChI is InChI=1S/C17H29N3O3/c1-17(2,3)23-16(22)20-12-4-5-13(20)8-14(7-12)19-10-11(9-18)6-15(19)21/h11-14H,4-10,18H2,1-3H3. The van der Waals surface area contributed by atoms with E-state index in [4.69, 9.17) is 10.5 Å². The number of rotatable bonds is 2. The molecule has 2 bridgehead atoms. The summed E-state index contributed by atoms with van der Waals surface area (Å²) in [5.41, 5.74) is 5.26. The second-order valence-corrected chi connectivity index (χ2v) is 8.25. The summed E-state index contributed by atoms with van der Waals surface area (Å²) in [5, 5.41) is 0. The molecule has 2 amide bonds. The van der Waals surface area contributed by atoms with Crippen LogP contribution in [0.2, 0.25) is 0 Å². The van der Waals surface area contributed by atoms with Crippen molar-refractivity contribution in [2.45, 2.75) is 76.6 Å². The summed E-state index contributed by atoms with van der Waals surface area (Å²) < 4.78 is 5.56. The summed E-state index contributed by atoms with van der Waals surface area (Å²) in [6.07, 6.45) is 4.16. The maximum atomic E-state index is 12.5. The second-order valence-electron chi connectivity index (χ2n) is 8.25. The third kappa shape index (κ3) is 3.32. The van der Waals surface area contributed by atoms with Crippen molar-refractivity contribution in [1.29, 1.82) is 0 Å². The Labute approximate surface area is 138 Å². The molecule has 2 N–H and O–H groups in total. The lowest BCUT2D eigenvalue weighted by Crippen LogP contribution is -2.53. The minimum Gasteiger partial charge on any atom is -0.444 e. The Bertz CT molecular complexity index is 474. The quantitative estimate of drug-likeness (QED) is 0.839. The Morgan fingerprint density at radius 3 is 2.30 bits per heavy atom. The number of amides is 2. The fraction of sp³-hybridized carbons (Fsp3) is 0.882. The monoisotopic (exact) mass is 323 g/mol. The van der Waals surface area contributed by atoms with E-state index in [1.165, 1.54) is 0 Å². The van der Waals surface area contributed by atoms with Crippen LogP contribution in [0.15, 0.2) is 0 Å². The van der Waals surface area contributed by atoms with Crippen LogP contribution >= 0.6 is 0 Å². The van der Waals surface area contributed by atoms with Gasteiger partial charge in [-0.3, -0.25) is 4.79 Å². The first-order valence-corrected chi connectivity index (χ1v) is 8.79. The molecule has 6 heteroatoms. The predicted molar refractivity (Wildman–Crippen MR) is 86.8 cm³/mol. The van der Waals surface area contributed by atoms with Gasteiger partial charge in [-0.25, -0.2) is 4.79 Å². The van der Waals surface area contributed by atoms with Gasteiger partial charge in [0, 0.05) is 31.1 Å². The Morgan fingerprint density at radius 2 is 1.83 bits per heavy atom. The normalized spacial score (nSPS) is 34.2. The molecule has 0 aliphatic carbocycles. The topological polar surface area (TPSA) is 75.9 Å². The highest BCUT2D eigenvalue weighted by Crippen LogP contribution is 2.39. The van der Waals surface area contributed by atoms with E-state index in [-0.39, 0.29) is 30.1 Å². The molecule has 0 radical (unpaired) electrons. The van der Waals surface area contributed by atoms with E-state index in [2.05, 4.69) is 0 Å². The molecule has 0 saturated carbocycles. The van der Waals surface area contributed by atoms with Gasteiger partial charge in [-0.15, -0.1) is 0 Å². The molecule has 3 heterocycles. The van der Waals surface area contributed by atoms with E-state index in [0.29, 0.717) is 18.9 Å². The van der Waals surface area contributed by atoms with Crippen LogP contribution < -0.4 is 5.73 Å². The van der Waals surface area contributed by atoms with Crippen molar-refractivity contribution < 1.29 is 14.3 Å². The molecule has 3 aliphatic rings. The van der Waals surface area contributed by atoms with Gasteiger partial charge in [0.25, 0.3) is 0 Å². The molecule has 3 fully saturated rings. The SMILES string of the molecule is CC(C)(C)OC(=O)N1C2CCC1CC(N1CC(CN)CC1=O)C2. The molecule has 130 valence electrons. The van der Waals surface area contributed by atoms with Crippen LogP contribution in [0.1, 0.15) is 52.9 Å². The maximum Gasteiger partial charge on any atom is 0.410 e. The van der Waals surface area contributed by atoms with Crippen molar-refractivity contribution in [2.75, 3.05) is 13.1 Å². The summed E-state index contributed by atoms with van der Waals surface area (Å²) in [6.45, 7) is 7.05. The molecular formula is C17H29N3O3. The molecule has 23 heavy (non-hydrogen) atoms. The van der Waals surface area contributed by atoms with Crippen molar-refractivity contribution in [2.24, 2.45) is 11.7 Å². The molecule has 0 aromatic heterocycles. The largest absolute Gasteiger partial charge is 0.444 e. The number of nitrogens with zero attached hydrogens (tertiary/aromatic N) is 2. The van der Waals surface area contributed by atoms with Crippen molar-refractivity contribution in [3.63, 3.8) is 0 Å². The highest BCUT2D eigenvalue weighted by atomic mass is 16.6. The molecule has 0 aromatic carbocycles. The minimum atomic E-state index is -0.466. The van der Waals surface area contributed by atoms with Crippen molar-refractivity contribution in [3.05, 3.63) is 0 Å². The van der Waals surface area contributed by atoms with Crippen LogP contribution in [0.25, 0.3) is 0 Å². The van der Waals surface area contributed by atoms with Crippen LogP contribution in [0.4, 0.5) is 4.79 Å². The van der Waals surface area contributed by atoms with Crippen LogP contribution in [0.3, 0.4) is 0 Å². The smallest absolute Gasteiger partial charge is 0.410 e. The molecule has 3 atom stereocenters. The number of hydrogen-bond acceptors (Lipinski definition) is 4. The molecule has 0 spiro atoms. The average molecular weight is 323 g/mol. The third-order valence-electron chi connectivity index (χ3n) is 5.33. The zero-order valence-electron chi connectivity index (χ0n) is 14.5. The Kier molecular flexibility index (Phi) is 4.29. The number of nitrogens with two attached hydrogens (primary N) is 1. The highest BCUT2D eigenvalue weighted by molar-refractivity contribution is 5.79. The third-order valence-corrected chi connectivity index (χ3v) is 5.33. The summed E-state index contributed by atoms with van der Waals surface area (Å²) in [7, 11) is 0. The molecule has 3 aliphatic heterocycles. The van der Waals surface area contributed by atoms with Crippen LogP contribution in [-0.4, -0.2) is 58.6 Å². The van der Waals surface area contributed by atoms with Gasteiger partial charge in [0.15, 0.2) is 0 Å². The zero-order chi connectivity index (χ0) is 16.8. The lowest BCUT2D eigenvalue weighted by Gasteiger charge is -2.42. The van der Waals surface area contributed by atoms with E-state index in [0.717, 1.165) is 32.2 Å². The van der Waals surface area contributed by atoms with E-state index in [1.54, 1.807) is 0 Å². The second kappa shape index (κ2) is 5.96. The Balaban J connectivity index is 1.65. The molecule has 6 nitrogen and oxygen atoms in total. The molecule has 0 aromatic rings. The Hall–Kier alpha value is -1.30. The highest BCUT2D eigenvalue weighted by Gasteiger charge is 2.48. The first-order valence-electron chi connectivity index (χ1n) is 8.79. The van der Waals surface area contributed by atoms with Gasteiger partial charge in [0.05, 0.1) is 0 Å². The van der Waals surface area contributed by atoms with E-state index >= 15 is 0 Å². The lowest BCUT2D eigenvalue weighted by molar-refractivity contribution is -0.130. The number of fused-ring (bicyclic) bond motifs is 2. The van der Waals surface area contributed by atoms with Gasteiger partial charge >= 0.3 is 6.09 Å². The number of hydrogen-bond donors (Lipinski definition) is 1. The van der Waals surface area contributed by atoms with Crippen molar-refractivity contribution in [3.8, 4) is 0 Å². The lowest BCUT2D eigenvalue weighted by atomic mass is 9.96. The van der Waals surface area contributed by atoms with Gasteiger partial charge in [-0.05, 0) is 58.9 Å². The summed E-state index contributed by atoms with van der Waals surface area (Å²) in [5.74, 6) is 0.527. The van der Waals surface area contributed by atoms with Gasteiger partial charge in [-0.1, -0.05) is 0 Å². The zero-order valence-corrected chi connectivity index (χ0v) is 14.5. The number of ether oxygens (including phenoxy) is 1. The van der Waals surface area contributed by atoms with E-state index in [9.17, 15) is 9.59 Å². The molecule has 3 rings (SSSR count). The van der Waals surface area contributed by atoms with Gasteiger partial charge in [0.1, 0.15) is 5.60 Å². The van der Waals surface area contributed by atoms with Gasteiger partial charge in [-0.2, -0.15) is 0 Å². The van der Waals surface area contributed by atoms with Crippen LogP contribution in [0, 0.1) is 5.92 Å². The maximum absolute atomic E-state index is 12.5. The van der Waals surface area contributed by atoms with Gasteiger partial charge < -0.3 is 20.3 Å².